The number of aromatic nitrogens is 3. The van der Waals surface area contributed by atoms with Crippen molar-refractivity contribution in [1.82, 2.24) is 25.4 Å². The fourth-order valence-corrected chi connectivity index (χ4v) is 3.31. The Morgan fingerprint density at radius 3 is 2.62 bits per heavy atom. The smallest absolute Gasteiger partial charge is 0.192 e. The summed E-state index contributed by atoms with van der Waals surface area (Å²) in [7, 11) is 3.61. The van der Waals surface area contributed by atoms with Gasteiger partial charge in [0.15, 0.2) is 11.8 Å². The highest BCUT2D eigenvalue weighted by atomic mass is 16.5. The minimum absolute atomic E-state index is 0.0780. The second kappa shape index (κ2) is 9.55. The minimum Gasteiger partial charge on any atom is -0.497 e. The number of hydrogen-bond acceptors (Lipinski definition) is 5. The molecule has 0 saturated carbocycles. The van der Waals surface area contributed by atoms with E-state index < -0.39 is 0 Å². The van der Waals surface area contributed by atoms with E-state index >= 15 is 0 Å². The van der Waals surface area contributed by atoms with Gasteiger partial charge in [-0.05, 0) is 43.7 Å². The fraction of sp³-hybridized carbons (Fsp3) is 0.292. The number of rotatable bonds is 7. The molecule has 2 heterocycles. The molecular weight excluding hydrogens is 404 g/mol. The molecule has 0 saturated heterocycles. The van der Waals surface area contributed by atoms with Gasteiger partial charge in [0.1, 0.15) is 22.9 Å². The number of guanidine groups is 1. The quantitative estimate of drug-likeness (QED) is 0.340. The Bertz CT molecular complexity index is 1180. The molecule has 1 unspecified atom stereocenters. The van der Waals surface area contributed by atoms with Crippen LogP contribution in [0.25, 0.3) is 11.0 Å². The molecule has 4 rings (SSSR count). The Kier molecular flexibility index (Phi) is 6.39. The van der Waals surface area contributed by atoms with Crippen molar-refractivity contribution in [2.24, 2.45) is 12.0 Å². The third kappa shape index (κ3) is 4.91. The van der Waals surface area contributed by atoms with Crippen LogP contribution in [0.4, 0.5) is 0 Å². The molecule has 0 aliphatic carbocycles. The minimum atomic E-state index is -0.0780. The molecule has 2 aromatic carbocycles. The van der Waals surface area contributed by atoms with Gasteiger partial charge in [-0.25, -0.2) is 4.99 Å². The van der Waals surface area contributed by atoms with Crippen LogP contribution in [0.2, 0.25) is 0 Å². The lowest BCUT2D eigenvalue weighted by Crippen LogP contribution is -2.38. The van der Waals surface area contributed by atoms with E-state index in [0.29, 0.717) is 19.0 Å². The lowest BCUT2D eigenvalue weighted by Gasteiger charge is -2.17. The van der Waals surface area contributed by atoms with Crippen LogP contribution in [-0.2, 0) is 20.1 Å². The number of para-hydroxylation sites is 1. The van der Waals surface area contributed by atoms with Crippen molar-refractivity contribution < 1.29 is 9.15 Å². The van der Waals surface area contributed by atoms with E-state index in [-0.39, 0.29) is 6.04 Å². The first-order valence-corrected chi connectivity index (χ1v) is 10.5. The lowest BCUT2D eigenvalue weighted by molar-refractivity contribution is 0.414. The predicted molar refractivity (Wildman–Crippen MR) is 124 cm³/mol. The number of methoxy groups -OCH3 is 1. The lowest BCUT2D eigenvalue weighted by atomic mass is 10.2. The van der Waals surface area contributed by atoms with Gasteiger partial charge < -0.3 is 24.4 Å². The molecule has 32 heavy (non-hydrogen) atoms. The first kappa shape index (κ1) is 21.4. The first-order chi connectivity index (χ1) is 15.5. The van der Waals surface area contributed by atoms with Gasteiger partial charge in [-0.3, -0.25) is 0 Å². The zero-order valence-corrected chi connectivity index (χ0v) is 18.8. The van der Waals surface area contributed by atoms with Gasteiger partial charge in [-0.2, -0.15) is 0 Å². The first-order valence-electron chi connectivity index (χ1n) is 10.5. The summed E-state index contributed by atoms with van der Waals surface area (Å²) in [5.74, 6) is 4.03. The van der Waals surface area contributed by atoms with Crippen molar-refractivity contribution in [3.05, 3.63) is 77.6 Å². The van der Waals surface area contributed by atoms with E-state index in [2.05, 4.69) is 33.8 Å². The van der Waals surface area contributed by atoms with Crippen LogP contribution in [0.15, 0.2) is 64.0 Å². The van der Waals surface area contributed by atoms with Gasteiger partial charge in [0.25, 0.3) is 0 Å². The molecule has 1 atom stereocenters. The molecule has 4 aromatic rings. The summed E-state index contributed by atoms with van der Waals surface area (Å²) in [6, 6.07) is 17.9. The molecule has 0 bridgehead atoms. The Morgan fingerprint density at radius 1 is 1.16 bits per heavy atom. The summed E-state index contributed by atoms with van der Waals surface area (Å²) in [5.41, 5.74) is 1.95. The fourth-order valence-electron chi connectivity index (χ4n) is 3.31. The van der Waals surface area contributed by atoms with Crippen LogP contribution in [0.1, 0.15) is 35.9 Å². The van der Waals surface area contributed by atoms with Crippen LogP contribution >= 0.6 is 0 Å². The largest absolute Gasteiger partial charge is 0.497 e. The topological polar surface area (TPSA) is 89.5 Å². The molecule has 0 fully saturated rings. The normalized spacial score (nSPS) is 12.7. The molecule has 166 valence electrons. The van der Waals surface area contributed by atoms with Crippen molar-refractivity contribution in [2.45, 2.75) is 33.0 Å². The van der Waals surface area contributed by atoms with Crippen molar-refractivity contribution in [3.63, 3.8) is 0 Å². The Morgan fingerprint density at radius 2 is 1.94 bits per heavy atom. The molecule has 2 aromatic heterocycles. The molecule has 8 heteroatoms. The number of nitrogens with zero attached hydrogens (tertiary/aromatic N) is 4. The van der Waals surface area contributed by atoms with E-state index in [4.69, 9.17) is 14.1 Å². The highest BCUT2D eigenvalue weighted by Crippen LogP contribution is 2.23. The van der Waals surface area contributed by atoms with E-state index in [1.54, 1.807) is 7.11 Å². The van der Waals surface area contributed by atoms with Crippen molar-refractivity contribution in [2.75, 3.05) is 7.11 Å². The number of furan rings is 1. The van der Waals surface area contributed by atoms with Crippen LogP contribution in [0.5, 0.6) is 5.75 Å². The standard InChI is InChI=1S/C24H28N6O2/c1-16(22-13-19-7-5-6-8-21(19)32-22)27-24(26-15-23-29-28-17(2)30(23)3)25-14-18-9-11-20(31-4)12-10-18/h5-13,16H,14-15H2,1-4H3,(H2,25,26,27). The van der Waals surface area contributed by atoms with Crippen LogP contribution < -0.4 is 15.4 Å². The number of hydrogen-bond donors (Lipinski definition) is 2. The van der Waals surface area contributed by atoms with Crippen molar-refractivity contribution in [1.29, 1.82) is 0 Å². The molecule has 0 radical (unpaired) electrons. The highest BCUT2D eigenvalue weighted by Gasteiger charge is 2.14. The maximum absolute atomic E-state index is 6.02. The second-order valence-electron chi connectivity index (χ2n) is 7.64. The van der Waals surface area contributed by atoms with Gasteiger partial charge in [-0.1, -0.05) is 30.3 Å². The average Bonchev–Trinajstić information content (AvgIpc) is 3.39. The number of aryl methyl sites for hydroxylation is 1. The summed E-state index contributed by atoms with van der Waals surface area (Å²) in [5, 5.41) is 16.2. The summed E-state index contributed by atoms with van der Waals surface area (Å²) in [4.78, 5) is 4.77. The van der Waals surface area contributed by atoms with Gasteiger partial charge in [0, 0.05) is 12.4 Å². The number of nitrogens with one attached hydrogen (secondary N) is 2. The zero-order valence-electron chi connectivity index (χ0n) is 18.8. The Hall–Kier alpha value is -3.81. The Balaban J connectivity index is 1.51. The third-order valence-electron chi connectivity index (χ3n) is 5.40. The van der Waals surface area contributed by atoms with Gasteiger partial charge in [-0.15, -0.1) is 10.2 Å². The second-order valence-corrected chi connectivity index (χ2v) is 7.64. The van der Waals surface area contributed by atoms with Crippen molar-refractivity contribution in [3.8, 4) is 5.75 Å². The maximum Gasteiger partial charge on any atom is 0.192 e. The molecule has 8 nitrogen and oxygen atoms in total. The van der Waals surface area contributed by atoms with Crippen LogP contribution in [-0.4, -0.2) is 27.8 Å². The summed E-state index contributed by atoms with van der Waals surface area (Å²) in [6.07, 6.45) is 0. The maximum atomic E-state index is 6.02. The molecule has 0 aliphatic heterocycles. The monoisotopic (exact) mass is 432 g/mol. The predicted octanol–water partition coefficient (Wildman–Crippen LogP) is 3.87. The SMILES string of the molecule is COc1ccc(CN=C(NCc2nnc(C)n2C)NC(C)c2cc3ccccc3o2)cc1. The Labute approximate surface area is 187 Å². The van der Waals surface area contributed by atoms with E-state index in [9.17, 15) is 0 Å². The van der Waals surface area contributed by atoms with Crippen molar-refractivity contribution >= 4 is 16.9 Å². The zero-order chi connectivity index (χ0) is 22.5. The molecule has 0 spiro atoms. The number of aliphatic imine (C=N–C) groups is 1. The number of fused-ring (bicyclic) bond motifs is 1. The molecule has 0 amide bonds. The highest BCUT2D eigenvalue weighted by molar-refractivity contribution is 5.81. The van der Waals surface area contributed by atoms with Gasteiger partial charge in [0.05, 0.1) is 26.2 Å². The number of ether oxygens (including phenoxy) is 1. The van der Waals surface area contributed by atoms with E-state index in [0.717, 1.165) is 39.7 Å². The summed E-state index contributed by atoms with van der Waals surface area (Å²) >= 11 is 0. The van der Waals surface area contributed by atoms with Gasteiger partial charge in [0.2, 0.25) is 0 Å². The van der Waals surface area contributed by atoms with Crippen LogP contribution in [0.3, 0.4) is 0 Å². The molecule has 0 aliphatic rings. The number of benzene rings is 2. The summed E-state index contributed by atoms with van der Waals surface area (Å²) < 4.78 is 13.2. The molecule has 2 N–H and O–H groups in total. The van der Waals surface area contributed by atoms with E-state index in [1.165, 1.54) is 0 Å². The van der Waals surface area contributed by atoms with E-state index in [1.807, 2.05) is 67.1 Å². The van der Waals surface area contributed by atoms with Gasteiger partial charge >= 0.3 is 0 Å². The average molecular weight is 433 g/mol. The molecular formula is C24H28N6O2. The van der Waals surface area contributed by atoms with Crippen LogP contribution in [0, 0.1) is 6.92 Å². The summed E-state index contributed by atoms with van der Waals surface area (Å²) in [6.45, 7) is 4.99. The third-order valence-corrected chi connectivity index (χ3v) is 5.40.